The number of nitrogens with zero attached hydrogens (tertiary/aromatic N) is 2. The highest BCUT2D eigenvalue weighted by Gasteiger charge is 2.09. The molecule has 2 aromatic carbocycles. The first-order valence-corrected chi connectivity index (χ1v) is 6.78. The second kappa shape index (κ2) is 6.10. The van der Waals surface area contributed by atoms with Gasteiger partial charge in [-0.05, 0) is 43.2 Å². The van der Waals surface area contributed by atoms with Gasteiger partial charge in [0.25, 0.3) is 5.56 Å². The van der Waals surface area contributed by atoms with E-state index in [0.29, 0.717) is 11.2 Å². The van der Waals surface area contributed by atoms with Crippen molar-refractivity contribution in [2.75, 3.05) is 0 Å². The highest BCUT2D eigenvalue weighted by atomic mass is 35.5. The Balaban J connectivity index is 0.00000161. The summed E-state index contributed by atoms with van der Waals surface area (Å²) in [7, 11) is 0. The van der Waals surface area contributed by atoms with Gasteiger partial charge in [0.15, 0.2) is 0 Å². The Kier molecular flexibility index (Phi) is 4.43. The third-order valence-electron chi connectivity index (χ3n) is 3.55. The van der Waals surface area contributed by atoms with Gasteiger partial charge >= 0.3 is 0 Å². The lowest BCUT2D eigenvalue weighted by molar-refractivity contribution is 0.893. The standard InChI is InChI=1S/C17H16N2O.ClH/c1-3-13-8-10-14(11-9-13)19-12(2)18-16-7-5-4-6-15(16)17(19)20;/h4-11H,3H2,1-2H3;1H. The number of aryl methyl sites for hydroxylation is 2. The molecule has 21 heavy (non-hydrogen) atoms. The normalized spacial score (nSPS) is 10.4. The quantitative estimate of drug-likeness (QED) is 0.723. The summed E-state index contributed by atoms with van der Waals surface area (Å²) in [4.78, 5) is 17.1. The van der Waals surface area contributed by atoms with Crippen LogP contribution in [0.15, 0.2) is 53.3 Å². The number of hydrogen-bond donors (Lipinski definition) is 0. The maximum absolute atomic E-state index is 12.6. The van der Waals surface area contributed by atoms with Crippen LogP contribution in [-0.2, 0) is 6.42 Å². The number of fused-ring (bicyclic) bond motifs is 1. The minimum absolute atomic E-state index is 0. The number of para-hydroxylation sites is 1. The van der Waals surface area contributed by atoms with Gasteiger partial charge in [0.2, 0.25) is 0 Å². The Morgan fingerprint density at radius 1 is 1.05 bits per heavy atom. The summed E-state index contributed by atoms with van der Waals surface area (Å²) < 4.78 is 1.67. The van der Waals surface area contributed by atoms with Crippen molar-refractivity contribution in [2.24, 2.45) is 0 Å². The first-order chi connectivity index (χ1) is 9.70. The molecule has 0 saturated heterocycles. The molecule has 0 N–H and O–H groups in total. The topological polar surface area (TPSA) is 34.9 Å². The molecule has 0 amide bonds. The van der Waals surface area contributed by atoms with Gasteiger partial charge in [-0.3, -0.25) is 9.36 Å². The molecular formula is C17H17ClN2O. The van der Waals surface area contributed by atoms with Crippen molar-refractivity contribution in [3.05, 3.63) is 70.3 Å². The second-order valence-corrected chi connectivity index (χ2v) is 4.84. The van der Waals surface area contributed by atoms with Crippen LogP contribution < -0.4 is 5.56 Å². The van der Waals surface area contributed by atoms with Gasteiger partial charge in [0, 0.05) is 0 Å². The molecule has 0 atom stereocenters. The van der Waals surface area contributed by atoms with Gasteiger partial charge < -0.3 is 0 Å². The smallest absolute Gasteiger partial charge is 0.265 e. The molecule has 3 rings (SSSR count). The van der Waals surface area contributed by atoms with Crippen molar-refractivity contribution in [2.45, 2.75) is 20.3 Å². The van der Waals surface area contributed by atoms with E-state index >= 15 is 0 Å². The number of aromatic nitrogens is 2. The maximum Gasteiger partial charge on any atom is 0.265 e. The molecule has 0 aliphatic heterocycles. The van der Waals surface area contributed by atoms with Crippen molar-refractivity contribution >= 4 is 23.3 Å². The summed E-state index contributed by atoms with van der Waals surface area (Å²) >= 11 is 0. The fraction of sp³-hybridized carbons (Fsp3) is 0.176. The van der Waals surface area contributed by atoms with Crippen LogP contribution in [0.4, 0.5) is 0 Å². The van der Waals surface area contributed by atoms with E-state index in [1.165, 1.54) is 5.56 Å². The molecule has 4 heteroatoms. The van der Waals surface area contributed by atoms with Crippen LogP contribution in [0.2, 0.25) is 0 Å². The molecule has 0 aliphatic rings. The summed E-state index contributed by atoms with van der Waals surface area (Å²) in [6, 6.07) is 15.5. The molecule has 3 aromatic rings. The van der Waals surface area contributed by atoms with Crippen LogP contribution in [0.3, 0.4) is 0 Å². The molecule has 1 aromatic heterocycles. The maximum atomic E-state index is 12.6. The highest BCUT2D eigenvalue weighted by molar-refractivity contribution is 5.85. The number of rotatable bonds is 2. The average molecular weight is 301 g/mol. The first-order valence-electron chi connectivity index (χ1n) is 6.78. The highest BCUT2D eigenvalue weighted by Crippen LogP contribution is 2.13. The van der Waals surface area contributed by atoms with Gasteiger partial charge in [-0.1, -0.05) is 31.2 Å². The Morgan fingerprint density at radius 3 is 2.38 bits per heavy atom. The zero-order valence-corrected chi connectivity index (χ0v) is 12.9. The third kappa shape index (κ3) is 2.69. The van der Waals surface area contributed by atoms with Crippen LogP contribution >= 0.6 is 12.4 Å². The van der Waals surface area contributed by atoms with Gasteiger partial charge in [-0.25, -0.2) is 4.98 Å². The molecule has 0 aliphatic carbocycles. The van der Waals surface area contributed by atoms with E-state index in [4.69, 9.17) is 0 Å². The lowest BCUT2D eigenvalue weighted by Crippen LogP contribution is -2.22. The SMILES string of the molecule is CCc1ccc(-n2c(C)nc3ccccc3c2=O)cc1.Cl. The summed E-state index contributed by atoms with van der Waals surface area (Å²) in [5, 5.41) is 0.651. The lowest BCUT2D eigenvalue weighted by Gasteiger charge is -2.11. The Hall–Kier alpha value is -2.13. The van der Waals surface area contributed by atoms with Gasteiger partial charge in [0.1, 0.15) is 5.82 Å². The van der Waals surface area contributed by atoms with Crippen LogP contribution in [0.5, 0.6) is 0 Å². The van der Waals surface area contributed by atoms with Crippen molar-refractivity contribution in [3.8, 4) is 5.69 Å². The molecule has 0 spiro atoms. The number of hydrogen-bond acceptors (Lipinski definition) is 2. The first kappa shape index (κ1) is 15.3. The molecule has 0 fully saturated rings. The van der Waals surface area contributed by atoms with E-state index in [-0.39, 0.29) is 18.0 Å². The van der Waals surface area contributed by atoms with E-state index in [2.05, 4.69) is 24.0 Å². The van der Waals surface area contributed by atoms with Crippen LogP contribution in [0.1, 0.15) is 18.3 Å². The largest absolute Gasteiger partial charge is 0.268 e. The average Bonchev–Trinajstić information content (AvgIpc) is 2.48. The second-order valence-electron chi connectivity index (χ2n) is 4.84. The van der Waals surface area contributed by atoms with Crippen molar-refractivity contribution in [1.29, 1.82) is 0 Å². The van der Waals surface area contributed by atoms with E-state index in [1.807, 2.05) is 43.3 Å². The van der Waals surface area contributed by atoms with Crippen LogP contribution in [0, 0.1) is 6.92 Å². The fourth-order valence-electron chi connectivity index (χ4n) is 2.43. The Bertz CT molecular complexity index is 822. The predicted molar refractivity (Wildman–Crippen MR) is 88.7 cm³/mol. The van der Waals surface area contributed by atoms with Crippen LogP contribution in [-0.4, -0.2) is 9.55 Å². The summed E-state index contributed by atoms with van der Waals surface area (Å²) in [6.45, 7) is 3.98. The predicted octanol–water partition coefficient (Wildman–Crippen LogP) is 3.68. The minimum Gasteiger partial charge on any atom is -0.268 e. The Morgan fingerprint density at radius 2 is 1.71 bits per heavy atom. The molecule has 0 radical (unpaired) electrons. The summed E-state index contributed by atoms with van der Waals surface area (Å²) in [5.41, 5.74) is 2.85. The molecule has 108 valence electrons. The van der Waals surface area contributed by atoms with E-state index < -0.39 is 0 Å². The molecule has 0 unspecified atom stereocenters. The molecule has 1 heterocycles. The number of halogens is 1. The molecular weight excluding hydrogens is 284 g/mol. The fourth-order valence-corrected chi connectivity index (χ4v) is 2.43. The van der Waals surface area contributed by atoms with Crippen molar-refractivity contribution in [3.63, 3.8) is 0 Å². The van der Waals surface area contributed by atoms with E-state index in [1.54, 1.807) is 4.57 Å². The Labute approximate surface area is 129 Å². The third-order valence-corrected chi connectivity index (χ3v) is 3.55. The van der Waals surface area contributed by atoms with E-state index in [0.717, 1.165) is 17.6 Å². The van der Waals surface area contributed by atoms with Crippen molar-refractivity contribution < 1.29 is 0 Å². The van der Waals surface area contributed by atoms with Gasteiger partial charge in [-0.2, -0.15) is 0 Å². The van der Waals surface area contributed by atoms with E-state index in [9.17, 15) is 4.79 Å². The van der Waals surface area contributed by atoms with Gasteiger partial charge in [-0.15, -0.1) is 12.4 Å². The van der Waals surface area contributed by atoms with Crippen LogP contribution in [0.25, 0.3) is 16.6 Å². The molecule has 0 bridgehead atoms. The molecule has 0 saturated carbocycles. The minimum atomic E-state index is -0.0163. The lowest BCUT2D eigenvalue weighted by atomic mass is 10.1. The number of benzene rings is 2. The zero-order valence-electron chi connectivity index (χ0n) is 12.0. The molecule has 3 nitrogen and oxygen atoms in total. The summed E-state index contributed by atoms with van der Waals surface area (Å²) in [5.74, 6) is 0.706. The van der Waals surface area contributed by atoms with Crippen molar-refractivity contribution in [1.82, 2.24) is 9.55 Å². The summed E-state index contributed by atoms with van der Waals surface area (Å²) in [6.07, 6.45) is 0.990. The monoisotopic (exact) mass is 300 g/mol. The zero-order chi connectivity index (χ0) is 14.1. The van der Waals surface area contributed by atoms with Gasteiger partial charge in [0.05, 0.1) is 16.6 Å².